The van der Waals surface area contributed by atoms with Crippen LogP contribution in [0.3, 0.4) is 0 Å². The molecule has 47 valence electrons. The van der Waals surface area contributed by atoms with Gasteiger partial charge in [-0.25, -0.2) is 0 Å². The quantitative estimate of drug-likeness (QED) is 0.555. The van der Waals surface area contributed by atoms with Crippen molar-refractivity contribution in [3.8, 4) is 0 Å². The van der Waals surface area contributed by atoms with Crippen LogP contribution in [-0.2, 0) is 6.54 Å². The molecular formula is C7H9N2. The Morgan fingerprint density at radius 1 is 1.22 bits per heavy atom. The van der Waals surface area contributed by atoms with Crippen LogP contribution in [0.2, 0.25) is 0 Å². The summed E-state index contributed by atoms with van der Waals surface area (Å²) in [7, 11) is 0. The average molecular weight is 121 g/mol. The SMILES string of the molecule is [NH]Cc1ccc(N)cc1. The molecule has 0 saturated heterocycles. The van der Waals surface area contributed by atoms with E-state index in [0.717, 1.165) is 11.3 Å². The molecule has 0 aliphatic heterocycles. The van der Waals surface area contributed by atoms with Gasteiger partial charge in [0, 0.05) is 12.2 Å². The molecule has 1 aromatic rings. The molecule has 0 aliphatic rings. The van der Waals surface area contributed by atoms with Gasteiger partial charge < -0.3 is 5.73 Å². The van der Waals surface area contributed by atoms with Gasteiger partial charge in [0.1, 0.15) is 0 Å². The topological polar surface area (TPSA) is 49.8 Å². The molecule has 0 spiro atoms. The van der Waals surface area contributed by atoms with E-state index in [1.807, 2.05) is 24.3 Å². The first-order valence-electron chi connectivity index (χ1n) is 2.82. The zero-order chi connectivity index (χ0) is 6.69. The second-order valence-corrected chi connectivity index (χ2v) is 1.92. The van der Waals surface area contributed by atoms with E-state index >= 15 is 0 Å². The van der Waals surface area contributed by atoms with Crippen LogP contribution < -0.4 is 11.5 Å². The molecule has 0 aromatic heterocycles. The first-order chi connectivity index (χ1) is 4.33. The fourth-order valence-electron chi connectivity index (χ4n) is 0.635. The molecule has 0 aliphatic carbocycles. The highest BCUT2D eigenvalue weighted by molar-refractivity contribution is 5.39. The second kappa shape index (κ2) is 2.51. The summed E-state index contributed by atoms with van der Waals surface area (Å²) in [5.74, 6) is 0. The lowest BCUT2D eigenvalue weighted by molar-refractivity contribution is 1.03. The van der Waals surface area contributed by atoms with Gasteiger partial charge in [-0.2, -0.15) is 0 Å². The lowest BCUT2D eigenvalue weighted by Gasteiger charge is -1.94. The van der Waals surface area contributed by atoms with Crippen molar-refractivity contribution >= 4 is 5.69 Å². The highest BCUT2D eigenvalue weighted by Crippen LogP contribution is 2.03. The minimum atomic E-state index is 0.334. The fourth-order valence-corrected chi connectivity index (χ4v) is 0.635. The largest absolute Gasteiger partial charge is 0.399 e. The first-order valence-corrected chi connectivity index (χ1v) is 2.82. The van der Waals surface area contributed by atoms with Crippen molar-refractivity contribution in [1.29, 1.82) is 0 Å². The van der Waals surface area contributed by atoms with Crippen LogP contribution in [0.4, 0.5) is 5.69 Å². The van der Waals surface area contributed by atoms with E-state index < -0.39 is 0 Å². The summed E-state index contributed by atoms with van der Waals surface area (Å²) in [6.45, 7) is 0.334. The predicted molar refractivity (Wildman–Crippen MR) is 37.7 cm³/mol. The number of benzene rings is 1. The number of anilines is 1. The molecule has 2 heteroatoms. The van der Waals surface area contributed by atoms with E-state index in [-0.39, 0.29) is 0 Å². The molecule has 2 nitrogen and oxygen atoms in total. The Balaban J connectivity index is 2.88. The van der Waals surface area contributed by atoms with Crippen molar-refractivity contribution < 1.29 is 0 Å². The van der Waals surface area contributed by atoms with E-state index in [2.05, 4.69) is 0 Å². The third-order valence-corrected chi connectivity index (χ3v) is 1.18. The van der Waals surface area contributed by atoms with Gasteiger partial charge in [-0.05, 0) is 17.7 Å². The highest BCUT2D eigenvalue weighted by Gasteiger charge is 1.85. The third kappa shape index (κ3) is 1.44. The predicted octanol–water partition coefficient (Wildman–Crippen LogP) is 1.05. The zero-order valence-electron chi connectivity index (χ0n) is 5.09. The monoisotopic (exact) mass is 121 g/mol. The smallest absolute Gasteiger partial charge is 0.0351 e. The number of rotatable bonds is 1. The maximum Gasteiger partial charge on any atom is 0.0351 e. The van der Waals surface area contributed by atoms with E-state index in [1.165, 1.54) is 0 Å². The lowest BCUT2D eigenvalue weighted by Crippen LogP contribution is -1.86. The molecule has 1 radical (unpaired) electrons. The number of nitrogens with one attached hydrogen (secondary N) is 1. The molecule has 3 N–H and O–H groups in total. The Hall–Kier alpha value is -1.02. The number of nitrogen functional groups attached to an aromatic ring is 1. The molecular weight excluding hydrogens is 112 g/mol. The summed E-state index contributed by atoms with van der Waals surface area (Å²) in [4.78, 5) is 0. The van der Waals surface area contributed by atoms with Crippen LogP contribution >= 0.6 is 0 Å². The van der Waals surface area contributed by atoms with Gasteiger partial charge in [0.15, 0.2) is 0 Å². The fraction of sp³-hybridized carbons (Fsp3) is 0.143. The van der Waals surface area contributed by atoms with Crippen LogP contribution in [-0.4, -0.2) is 0 Å². The standard InChI is InChI=1S/C7H9N2/c8-5-6-1-3-7(9)4-2-6/h1-4,8H,5,9H2. The molecule has 0 heterocycles. The van der Waals surface area contributed by atoms with Crippen molar-refractivity contribution in [2.75, 3.05) is 5.73 Å². The number of hydrogen-bond donors (Lipinski definition) is 1. The van der Waals surface area contributed by atoms with Crippen LogP contribution in [0.15, 0.2) is 24.3 Å². The average Bonchev–Trinajstić information content (AvgIpc) is 1.90. The van der Waals surface area contributed by atoms with Gasteiger partial charge in [-0.3, -0.25) is 5.73 Å². The lowest BCUT2D eigenvalue weighted by atomic mass is 10.2. The molecule has 0 bridgehead atoms. The number of hydrogen-bond acceptors (Lipinski definition) is 1. The van der Waals surface area contributed by atoms with Gasteiger partial charge in [0.25, 0.3) is 0 Å². The summed E-state index contributed by atoms with van der Waals surface area (Å²) in [5.41, 5.74) is 14.2. The maximum atomic E-state index is 6.97. The molecule has 0 unspecified atom stereocenters. The van der Waals surface area contributed by atoms with Crippen LogP contribution in [0, 0.1) is 0 Å². The van der Waals surface area contributed by atoms with Gasteiger partial charge in [-0.15, -0.1) is 0 Å². The summed E-state index contributed by atoms with van der Waals surface area (Å²) >= 11 is 0. The summed E-state index contributed by atoms with van der Waals surface area (Å²) < 4.78 is 0. The minimum absolute atomic E-state index is 0.334. The first kappa shape index (κ1) is 6.11. The van der Waals surface area contributed by atoms with Crippen molar-refractivity contribution in [2.24, 2.45) is 0 Å². The van der Waals surface area contributed by atoms with Crippen molar-refractivity contribution in [1.82, 2.24) is 5.73 Å². The van der Waals surface area contributed by atoms with E-state index in [0.29, 0.717) is 6.54 Å². The Labute approximate surface area is 54.5 Å². The zero-order valence-corrected chi connectivity index (χ0v) is 5.09. The summed E-state index contributed by atoms with van der Waals surface area (Å²) in [6, 6.07) is 7.35. The van der Waals surface area contributed by atoms with Gasteiger partial charge >= 0.3 is 0 Å². The van der Waals surface area contributed by atoms with Gasteiger partial charge in [0.05, 0.1) is 0 Å². The van der Waals surface area contributed by atoms with Crippen LogP contribution in [0.1, 0.15) is 5.56 Å². The number of nitrogens with two attached hydrogens (primary N) is 1. The summed E-state index contributed by atoms with van der Waals surface area (Å²) in [5, 5.41) is 0. The van der Waals surface area contributed by atoms with Gasteiger partial charge in [-0.1, -0.05) is 12.1 Å². The Kier molecular flexibility index (Phi) is 1.70. The highest BCUT2D eigenvalue weighted by atomic mass is 14.5. The van der Waals surface area contributed by atoms with E-state index in [4.69, 9.17) is 11.5 Å². The third-order valence-electron chi connectivity index (χ3n) is 1.18. The minimum Gasteiger partial charge on any atom is -0.399 e. The molecule has 0 fully saturated rings. The maximum absolute atomic E-state index is 6.97. The molecule has 0 atom stereocenters. The Morgan fingerprint density at radius 3 is 2.22 bits per heavy atom. The molecule has 0 amide bonds. The van der Waals surface area contributed by atoms with Crippen molar-refractivity contribution in [3.05, 3.63) is 29.8 Å². The van der Waals surface area contributed by atoms with Crippen molar-refractivity contribution in [3.63, 3.8) is 0 Å². The van der Waals surface area contributed by atoms with Crippen molar-refractivity contribution in [2.45, 2.75) is 6.54 Å². The summed E-state index contributed by atoms with van der Waals surface area (Å²) in [6.07, 6.45) is 0. The van der Waals surface area contributed by atoms with E-state index in [1.54, 1.807) is 0 Å². The molecule has 9 heavy (non-hydrogen) atoms. The van der Waals surface area contributed by atoms with E-state index in [9.17, 15) is 0 Å². The Bertz CT molecular complexity index is 179. The Morgan fingerprint density at radius 2 is 1.78 bits per heavy atom. The van der Waals surface area contributed by atoms with Crippen LogP contribution in [0.5, 0.6) is 0 Å². The molecule has 1 aromatic carbocycles. The molecule has 0 saturated carbocycles. The van der Waals surface area contributed by atoms with Crippen LogP contribution in [0.25, 0.3) is 0 Å². The molecule has 1 rings (SSSR count). The normalized spacial score (nSPS) is 9.44. The van der Waals surface area contributed by atoms with Gasteiger partial charge in [0.2, 0.25) is 0 Å². The second-order valence-electron chi connectivity index (χ2n) is 1.92.